The van der Waals surface area contributed by atoms with E-state index in [1.807, 2.05) is 39.8 Å². The van der Waals surface area contributed by atoms with Crippen LogP contribution in [0.15, 0.2) is 17.0 Å². The number of hydrogen-bond acceptors (Lipinski definition) is 3. The minimum absolute atomic E-state index is 0.300. The molecule has 0 aliphatic carbocycles. The minimum atomic E-state index is -3.42. The highest BCUT2D eigenvalue weighted by Gasteiger charge is 2.32. The molecule has 1 saturated heterocycles. The monoisotopic (exact) mass is 325 g/mol. The third kappa shape index (κ3) is 3.70. The Morgan fingerprint density at radius 1 is 1.23 bits per heavy atom. The third-order valence-corrected chi connectivity index (χ3v) is 6.41. The van der Waals surface area contributed by atoms with E-state index in [0.29, 0.717) is 37.1 Å². The largest absolute Gasteiger partial charge is 0.381 e. The van der Waals surface area contributed by atoms with E-state index in [1.165, 1.54) is 0 Å². The molecule has 4 nitrogen and oxygen atoms in total. The number of nitrogens with zero attached hydrogens (tertiary/aromatic N) is 1. The summed E-state index contributed by atoms with van der Waals surface area (Å²) >= 11 is 0. The molecule has 0 aromatic heterocycles. The van der Waals surface area contributed by atoms with Crippen LogP contribution in [0.1, 0.15) is 36.5 Å². The summed E-state index contributed by atoms with van der Waals surface area (Å²) in [5.41, 5.74) is 2.77. The van der Waals surface area contributed by atoms with Gasteiger partial charge in [0.15, 0.2) is 0 Å². The summed E-state index contributed by atoms with van der Waals surface area (Å²) in [5.74, 6) is 0.300. The van der Waals surface area contributed by atoms with Crippen molar-refractivity contribution in [2.45, 2.75) is 45.4 Å². The van der Waals surface area contributed by atoms with Crippen molar-refractivity contribution >= 4 is 10.0 Å². The van der Waals surface area contributed by atoms with Gasteiger partial charge in [0.1, 0.15) is 0 Å². The highest BCUT2D eigenvalue weighted by Crippen LogP contribution is 2.28. The van der Waals surface area contributed by atoms with Crippen LogP contribution in [-0.4, -0.2) is 39.0 Å². The minimum Gasteiger partial charge on any atom is -0.381 e. The van der Waals surface area contributed by atoms with Crippen molar-refractivity contribution in [2.75, 3.05) is 26.3 Å². The Morgan fingerprint density at radius 2 is 1.86 bits per heavy atom. The maximum atomic E-state index is 13.0. The molecule has 0 saturated carbocycles. The molecule has 2 rings (SSSR count). The van der Waals surface area contributed by atoms with Gasteiger partial charge in [0.05, 0.1) is 11.5 Å². The first-order chi connectivity index (χ1) is 10.4. The lowest BCUT2D eigenvalue weighted by Crippen LogP contribution is -2.41. The van der Waals surface area contributed by atoms with Crippen LogP contribution < -0.4 is 0 Å². The summed E-state index contributed by atoms with van der Waals surface area (Å²) < 4.78 is 33.2. The Labute approximate surface area is 134 Å². The number of sulfonamides is 1. The van der Waals surface area contributed by atoms with Crippen LogP contribution in [0.4, 0.5) is 0 Å². The van der Waals surface area contributed by atoms with E-state index in [4.69, 9.17) is 4.74 Å². The molecule has 1 heterocycles. The molecule has 1 unspecified atom stereocenters. The lowest BCUT2D eigenvalue weighted by atomic mass is 10.0. The number of hydrogen-bond donors (Lipinski definition) is 0. The van der Waals surface area contributed by atoms with Gasteiger partial charge in [0.2, 0.25) is 10.0 Å². The van der Waals surface area contributed by atoms with Crippen LogP contribution in [0.5, 0.6) is 0 Å². The SMILES string of the molecule is CCOCC1CCCN(S(=O)(=O)c2c(C)cc(C)cc2C)C1. The maximum absolute atomic E-state index is 13.0. The van der Waals surface area contributed by atoms with Crippen LogP contribution >= 0.6 is 0 Å². The first-order valence-corrected chi connectivity index (χ1v) is 9.46. The Hall–Kier alpha value is -0.910. The van der Waals surface area contributed by atoms with E-state index in [2.05, 4.69) is 0 Å². The van der Waals surface area contributed by atoms with Crippen molar-refractivity contribution in [3.8, 4) is 0 Å². The molecule has 0 bridgehead atoms. The van der Waals surface area contributed by atoms with Gasteiger partial charge in [0, 0.05) is 19.7 Å². The zero-order valence-corrected chi connectivity index (χ0v) is 14.9. The molecule has 0 radical (unpaired) electrons. The first-order valence-electron chi connectivity index (χ1n) is 8.02. The molecule has 1 aromatic rings. The zero-order valence-electron chi connectivity index (χ0n) is 14.1. The molecule has 5 heteroatoms. The Balaban J connectivity index is 2.27. The van der Waals surface area contributed by atoms with Crippen LogP contribution in [0.25, 0.3) is 0 Å². The molecule has 124 valence electrons. The molecule has 0 amide bonds. The maximum Gasteiger partial charge on any atom is 0.243 e. The summed E-state index contributed by atoms with van der Waals surface area (Å²) in [6.07, 6.45) is 1.94. The average molecular weight is 325 g/mol. The fourth-order valence-electron chi connectivity index (χ4n) is 3.37. The Kier molecular flexibility index (Phi) is 5.64. The summed E-state index contributed by atoms with van der Waals surface area (Å²) in [7, 11) is -3.42. The second kappa shape index (κ2) is 7.11. The van der Waals surface area contributed by atoms with Crippen molar-refractivity contribution in [2.24, 2.45) is 5.92 Å². The second-order valence-corrected chi connectivity index (χ2v) is 8.13. The van der Waals surface area contributed by atoms with Gasteiger partial charge in [-0.15, -0.1) is 0 Å². The van der Waals surface area contributed by atoms with E-state index < -0.39 is 10.0 Å². The van der Waals surface area contributed by atoms with Crippen LogP contribution in [0, 0.1) is 26.7 Å². The lowest BCUT2D eigenvalue weighted by Gasteiger charge is -2.32. The molecule has 1 atom stereocenters. The number of benzene rings is 1. The van der Waals surface area contributed by atoms with Crippen LogP contribution in [0.2, 0.25) is 0 Å². The quantitative estimate of drug-likeness (QED) is 0.836. The fraction of sp³-hybridized carbons (Fsp3) is 0.647. The molecule has 1 aliphatic heterocycles. The van der Waals surface area contributed by atoms with Gasteiger partial charge in [0.25, 0.3) is 0 Å². The molecular formula is C17H27NO3S. The van der Waals surface area contributed by atoms with Gasteiger partial charge < -0.3 is 4.74 Å². The summed E-state index contributed by atoms with van der Waals surface area (Å²) in [6.45, 7) is 10.2. The number of ether oxygens (including phenoxy) is 1. The van der Waals surface area contributed by atoms with Gasteiger partial charge >= 0.3 is 0 Å². The molecule has 0 N–H and O–H groups in total. The first kappa shape index (κ1) is 17.4. The van der Waals surface area contributed by atoms with Gasteiger partial charge in [-0.25, -0.2) is 8.42 Å². The van der Waals surface area contributed by atoms with Gasteiger partial charge in [-0.2, -0.15) is 4.31 Å². The van der Waals surface area contributed by atoms with Gasteiger partial charge in [-0.1, -0.05) is 17.7 Å². The van der Waals surface area contributed by atoms with Crippen molar-refractivity contribution in [1.29, 1.82) is 0 Å². The molecule has 1 aromatic carbocycles. The summed E-state index contributed by atoms with van der Waals surface area (Å²) in [6, 6.07) is 3.89. The molecule has 22 heavy (non-hydrogen) atoms. The van der Waals surface area contributed by atoms with E-state index in [9.17, 15) is 8.42 Å². The standard InChI is InChI=1S/C17H27NO3S/c1-5-21-12-16-7-6-8-18(11-16)22(19,20)17-14(3)9-13(2)10-15(17)4/h9-10,16H,5-8,11-12H2,1-4H3. The van der Waals surface area contributed by atoms with Crippen molar-refractivity contribution in [1.82, 2.24) is 4.31 Å². The zero-order chi connectivity index (χ0) is 16.3. The van der Waals surface area contributed by atoms with Crippen LogP contribution in [-0.2, 0) is 14.8 Å². The van der Waals surface area contributed by atoms with E-state index in [0.717, 1.165) is 29.5 Å². The van der Waals surface area contributed by atoms with Crippen molar-refractivity contribution in [3.05, 3.63) is 28.8 Å². The predicted octanol–water partition coefficient (Wildman–Crippen LogP) is 3.05. The summed E-state index contributed by atoms with van der Waals surface area (Å²) in [5, 5.41) is 0. The molecular weight excluding hydrogens is 298 g/mol. The van der Waals surface area contributed by atoms with Crippen LogP contribution in [0.3, 0.4) is 0 Å². The molecule has 0 spiro atoms. The number of rotatable bonds is 5. The summed E-state index contributed by atoms with van der Waals surface area (Å²) in [4.78, 5) is 0.482. The average Bonchev–Trinajstić information content (AvgIpc) is 2.44. The van der Waals surface area contributed by atoms with Gasteiger partial charge in [-0.05, 0) is 57.6 Å². The van der Waals surface area contributed by atoms with Gasteiger partial charge in [-0.3, -0.25) is 0 Å². The topological polar surface area (TPSA) is 46.6 Å². The van der Waals surface area contributed by atoms with Crippen molar-refractivity contribution < 1.29 is 13.2 Å². The van der Waals surface area contributed by atoms with E-state index in [-0.39, 0.29) is 0 Å². The Bertz CT molecular complexity index is 602. The highest BCUT2D eigenvalue weighted by atomic mass is 32.2. The second-order valence-electron chi connectivity index (χ2n) is 6.26. The fourth-order valence-corrected chi connectivity index (χ4v) is 5.33. The number of aryl methyl sites for hydroxylation is 3. The molecule has 1 aliphatic rings. The smallest absolute Gasteiger partial charge is 0.243 e. The predicted molar refractivity (Wildman–Crippen MR) is 88.6 cm³/mol. The van der Waals surface area contributed by atoms with E-state index >= 15 is 0 Å². The lowest BCUT2D eigenvalue weighted by molar-refractivity contribution is 0.0864. The van der Waals surface area contributed by atoms with E-state index in [1.54, 1.807) is 4.31 Å². The highest BCUT2D eigenvalue weighted by molar-refractivity contribution is 7.89. The normalized spacial score (nSPS) is 20.3. The Morgan fingerprint density at radius 3 is 2.45 bits per heavy atom. The third-order valence-electron chi connectivity index (χ3n) is 4.24. The molecule has 1 fully saturated rings. The van der Waals surface area contributed by atoms with Crippen molar-refractivity contribution in [3.63, 3.8) is 0 Å². The number of piperidine rings is 1.